The van der Waals surface area contributed by atoms with Gasteiger partial charge in [0.2, 0.25) is 5.91 Å². The topological polar surface area (TPSA) is 41.6 Å². The highest BCUT2D eigenvalue weighted by Gasteiger charge is 2.43. The fourth-order valence-electron chi connectivity index (χ4n) is 4.32. The molecule has 1 aromatic rings. The van der Waals surface area contributed by atoms with Gasteiger partial charge in [-0.25, -0.2) is 0 Å². The summed E-state index contributed by atoms with van der Waals surface area (Å²) in [4.78, 5) is 14.7. The van der Waals surface area contributed by atoms with Crippen LogP contribution in [0, 0.1) is 17.8 Å². The minimum Gasteiger partial charge on any atom is -0.497 e. The lowest BCUT2D eigenvalue weighted by Gasteiger charge is -2.27. The zero-order valence-electron chi connectivity index (χ0n) is 14.4. The first kappa shape index (κ1) is 16.3. The SMILES string of the molecule is COc1ccc(C(CNC(=O)C2CC3CCC2C3)N(C)C)cc1. The molecule has 3 rings (SSSR count). The molecule has 0 radical (unpaired) electrons. The lowest BCUT2D eigenvalue weighted by Crippen LogP contribution is -2.39. The molecular weight excluding hydrogens is 288 g/mol. The second-order valence-corrected chi connectivity index (χ2v) is 7.28. The Kier molecular flexibility index (Phi) is 4.90. The summed E-state index contributed by atoms with van der Waals surface area (Å²) < 4.78 is 5.22. The summed E-state index contributed by atoms with van der Waals surface area (Å²) >= 11 is 0. The standard InChI is InChI=1S/C19H28N2O2/c1-21(2)18(14-6-8-16(23-3)9-7-14)12-20-19(22)17-11-13-4-5-15(17)10-13/h6-9,13,15,17-18H,4-5,10-12H2,1-3H3,(H,20,22). The van der Waals surface area contributed by atoms with Gasteiger partial charge in [0, 0.05) is 12.5 Å². The number of amides is 1. The fourth-order valence-corrected chi connectivity index (χ4v) is 4.32. The third-order valence-corrected chi connectivity index (χ3v) is 5.67. The minimum absolute atomic E-state index is 0.184. The molecule has 23 heavy (non-hydrogen) atoms. The smallest absolute Gasteiger partial charge is 0.223 e. The summed E-state index contributed by atoms with van der Waals surface area (Å²) in [6.07, 6.45) is 4.96. The quantitative estimate of drug-likeness (QED) is 0.877. The Morgan fingerprint density at radius 3 is 2.52 bits per heavy atom. The van der Waals surface area contributed by atoms with E-state index in [1.165, 1.54) is 24.8 Å². The van der Waals surface area contributed by atoms with Gasteiger partial charge in [0.15, 0.2) is 0 Å². The molecule has 4 nitrogen and oxygen atoms in total. The molecule has 4 unspecified atom stereocenters. The van der Waals surface area contributed by atoms with Gasteiger partial charge in [-0.3, -0.25) is 4.79 Å². The predicted molar refractivity (Wildman–Crippen MR) is 91.4 cm³/mol. The van der Waals surface area contributed by atoms with Crippen LogP contribution in [0.1, 0.15) is 37.3 Å². The molecule has 2 aliphatic rings. The van der Waals surface area contributed by atoms with Gasteiger partial charge in [-0.1, -0.05) is 18.6 Å². The van der Waals surface area contributed by atoms with E-state index in [1.54, 1.807) is 7.11 Å². The summed E-state index contributed by atoms with van der Waals surface area (Å²) in [5.41, 5.74) is 1.20. The van der Waals surface area contributed by atoms with Crippen molar-refractivity contribution in [1.82, 2.24) is 10.2 Å². The number of nitrogens with zero attached hydrogens (tertiary/aromatic N) is 1. The van der Waals surface area contributed by atoms with Crippen molar-refractivity contribution in [2.45, 2.75) is 31.7 Å². The Hall–Kier alpha value is -1.55. The van der Waals surface area contributed by atoms with Crippen molar-refractivity contribution in [3.8, 4) is 5.75 Å². The van der Waals surface area contributed by atoms with Gasteiger partial charge < -0.3 is 15.0 Å². The molecule has 1 N–H and O–H groups in total. The molecule has 0 aromatic heterocycles. The van der Waals surface area contributed by atoms with Gasteiger partial charge in [0.05, 0.1) is 13.2 Å². The molecule has 0 heterocycles. The molecular formula is C19H28N2O2. The number of carbonyl (C=O) groups excluding carboxylic acids is 1. The van der Waals surface area contributed by atoms with Crippen LogP contribution in [-0.4, -0.2) is 38.6 Å². The Labute approximate surface area is 139 Å². The van der Waals surface area contributed by atoms with Crippen molar-refractivity contribution in [3.05, 3.63) is 29.8 Å². The number of likely N-dealkylation sites (N-methyl/N-ethyl adjacent to an activating group) is 1. The van der Waals surface area contributed by atoms with Crippen LogP contribution in [0.25, 0.3) is 0 Å². The Morgan fingerprint density at radius 2 is 2.00 bits per heavy atom. The molecule has 2 saturated carbocycles. The summed E-state index contributed by atoms with van der Waals surface area (Å²) in [7, 11) is 5.78. The number of fused-ring (bicyclic) bond motifs is 2. The highest BCUT2D eigenvalue weighted by Crippen LogP contribution is 2.48. The zero-order chi connectivity index (χ0) is 16.4. The van der Waals surface area contributed by atoms with Crippen molar-refractivity contribution in [2.75, 3.05) is 27.7 Å². The number of rotatable bonds is 6. The molecule has 4 heteroatoms. The van der Waals surface area contributed by atoms with Crippen molar-refractivity contribution in [2.24, 2.45) is 17.8 Å². The first-order valence-electron chi connectivity index (χ1n) is 8.66. The van der Waals surface area contributed by atoms with Crippen LogP contribution in [0.4, 0.5) is 0 Å². The van der Waals surface area contributed by atoms with Crippen molar-refractivity contribution >= 4 is 5.91 Å². The zero-order valence-corrected chi connectivity index (χ0v) is 14.4. The van der Waals surface area contributed by atoms with Crippen molar-refractivity contribution in [3.63, 3.8) is 0 Å². The molecule has 2 fully saturated rings. The number of nitrogens with one attached hydrogen (secondary N) is 1. The Morgan fingerprint density at radius 1 is 1.26 bits per heavy atom. The molecule has 1 aromatic carbocycles. The molecule has 2 aliphatic carbocycles. The van der Waals surface area contributed by atoms with E-state index in [9.17, 15) is 4.79 Å². The van der Waals surface area contributed by atoms with E-state index in [-0.39, 0.29) is 17.9 Å². The molecule has 0 saturated heterocycles. The van der Waals surface area contributed by atoms with Crippen molar-refractivity contribution in [1.29, 1.82) is 0 Å². The minimum atomic E-state index is 0.184. The van der Waals surface area contributed by atoms with Crippen LogP contribution in [0.2, 0.25) is 0 Å². The summed E-state index contributed by atoms with van der Waals surface area (Å²) in [6.45, 7) is 0.659. The van der Waals surface area contributed by atoms with Crippen LogP contribution in [0.15, 0.2) is 24.3 Å². The third-order valence-electron chi connectivity index (χ3n) is 5.67. The number of benzene rings is 1. The normalized spacial score (nSPS) is 27.2. The maximum Gasteiger partial charge on any atom is 0.223 e. The van der Waals surface area contributed by atoms with Gasteiger partial charge in [0.25, 0.3) is 0 Å². The van der Waals surface area contributed by atoms with Gasteiger partial charge in [0.1, 0.15) is 5.75 Å². The van der Waals surface area contributed by atoms with Gasteiger partial charge >= 0.3 is 0 Å². The van der Waals surface area contributed by atoms with E-state index >= 15 is 0 Å². The lowest BCUT2D eigenvalue weighted by molar-refractivity contribution is -0.126. The monoisotopic (exact) mass is 316 g/mol. The lowest BCUT2D eigenvalue weighted by atomic mass is 9.88. The van der Waals surface area contributed by atoms with E-state index in [0.717, 1.165) is 18.1 Å². The average molecular weight is 316 g/mol. The number of hydrogen-bond donors (Lipinski definition) is 1. The van der Waals surface area contributed by atoms with Crippen LogP contribution in [0.3, 0.4) is 0 Å². The fraction of sp³-hybridized carbons (Fsp3) is 0.632. The molecule has 2 bridgehead atoms. The second-order valence-electron chi connectivity index (χ2n) is 7.28. The van der Waals surface area contributed by atoms with Crippen LogP contribution < -0.4 is 10.1 Å². The van der Waals surface area contributed by atoms with E-state index < -0.39 is 0 Å². The maximum atomic E-state index is 12.5. The molecule has 126 valence electrons. The highest BCUT2D eigenvalue weighted by atomic mass is 16.5. The van der Waals surface area contributed by atoms with Crippen LogP contribution in [0.5, 0.6) is 5.75 Å². The first-order valence-corrected chi connectivity index (χ1v) is 8.66. The Balaban J connectivity index is 1.60. The predicted octanol–water partition coefficient (Wildman–Crippen LogP) is 2.85. The van der Waals surface area contributed by atoms with E-state index in [2.05, 4.69) is 36.4 Å². The van der Waals surface area contributed by atoms with Gasteiger partial charge in [-0.05, 0) is 62.9 Å². The average Bonchev–Trinajstić information content (AvgIpc) is 3.18. The molecule has 1 amide bonds. The van der Waals surface area contributed by atoms with Crippen LogP contribution >= 0.6 is 0 Å². The van der Waals surface area contributed by atoms with E-state index in [4.69, 9.17) is 4.74 Å². The first-order chi connectivity index (χ1) is 11.1. The molecule has 0 spiro atoms. The largest absolute Gasteiger partial charge is 0.497 e. The maximum absolute atomic E-state index is 12.5. The number of ether oxygens (including phenoxy) is 1. The van der Waals surface area contributed by atoms with E-state index in [1.807, 2.05) is 12.1 Å². The number of hydrogen-bond acceptors (Lipinski definition) is 3. The second kappa shape index (κ2) is 6.91. The number of carbonyl (C=O) groups is 1. The van der Waals surface area contributed by atoms with Crippen molar-refractivity contribution < 1.29 is 9.53 Å². The molecule has 0 aliphatic heterocycles. The number of methoxy groups -OCH3 is 1. The third kappa shape index (κ3) is 3.52. The van der Waals surface area contributed by atoms with Gasteiger partial charge in [-0.2, -0.15) is 0 Å². The Bertz CT molecular complexity index is 541. The summed E-state index contributed by atoms with van der Waals surface area (Å²) in [6, 6.07) is 8.29. The van der Waals surface area contributed by atoms with E-state index in [0.29, 0.717) is 12.5 Å². The highest BCUT2D eigenvalue weighted by molar-refractivity contribution is 5.79. The van der Waals surface area contributed by atoms with Crippen LogP contribution in [-0.2, 0) is 4.79 Å². The summed E-state index contributed by atoms with van der Waals surface area (Å²) in [5, 5.41) is 3.21. The molecule has 4 atom stereocenters. The summed E-state index contributed by atoms with van der Waals surface area (Å²) in [5.74, 6) is 2.82. The van der Waals surface area contributed by atoms with Gasteiger partial charge in [-0.15, -0.1) is 0 Å².